The summed E-state index contributed by atoms with van der Waals surface area (Å²) in [4.78, 5) is 27.8. The Morgan fingerprint density at radius 3 is 2.52 bits per heavy atom. The third-order valence-corrected chi connectivity index (χ3v) is 3.64. The van der Waals surface area contributed by atoms with E-state index in [2.05, 4.69) is 31.5 Å². The van der Waals surface area contributed by atoms with Gasteiger partial charge in [0.15, 0.2) is 0 Å². The molecule has 0 unspecified atom stereocenters. The largest absolute Gasteiger partial charge is 0.355 e. The van der Waals surface area contributed by atoms with E-state index in [9.17, 15) is 9.59 Å². The van der Waals surface area contributed by atoms with Crippen LogP contribution in [-0.4, -0.2) is 23.3 Å². The summed E-state index contributed by atoms with van der Waals surface area (Å²) in [6, 6.07) is 13.0. The molecule has 2 aromatic rings. The van der Waals surface area contributed by atoms with Crippen molar-refractivity contribution in [3.8, 4) is 0 Å². The fourth-order valence-corrected chi connectivity index (χ4v) is 2.25. The lowest BCUT2D eigenvalue weighted by Gasteiger charge is -2.07. The number of hydrogen-bond donors (Lipinski definition) is 2. The van der Waals surface area contributed by atoms with E-state index in [1.807, 2.05) is 43.3 Å². The van der Waals surface area contributed by atoms with Crippen LogP contribution in [0, 0.1) is 6.92 Å². The van der Waals surface area contributed by atoms with E-state index in [-0.39, 0.29) is 18.2 Å². The fourth-order valence-electron chi connectivity index (χ4n) is 1.98. The molecule has 6 heteroatoms. The summed E-state index contributed by atoms with van der Waals surface area (Å²) in [7, 11) is 0. The number of rotatable bonds is 6. The molecule has 23 heavy (non-hydrogen) atoms. The minimum atomic E-state index is -0.174. The zero-order valence-electron chi connectivity index (χ0n) is 12.8. The maximum absolute atomic E-state index is 11.8. The maximum atomic E-state index is 11.8. The number of nitrogens with zero attached hydrogens (tertiary/aromatic N) is 1. The molecule has 0 spiro atoms. The van der Waals surface area contributed by atoms with Crippen LogP contribution in [0.25, 0.3) is 0 Å². The highest BCUT2D eigenvalue weighted by Crippen LogP contribution is 2.10. The van der Waals surface area contributed by atoms with Crippen molar-refractivity contribution in [2.24, 2.45) is 0 Å². The number of halogens is 1. The first kappa shape index (κ1) is 17.1. The van der Waals surface area contributed by atoms with Gasteiger partial charge >= 0.3 is 0 Å². The first-order valence-electron chi connectivity index (χ1n) is 7.27. The zero-order chi connectivity index (χ0) is 16.7. The number of aromatic nitrogens is 1. The van der Waals surface area contributed by atoms with Crippen LogP contribution >= 0.6 is 15.9 Å². The molecule has 0 bridgehead atoms. The number of hydrogen-bond acceptors (Lipinski definition) is 3. The average Bonchev–Trinajstić information content (AvgIpc) is 2.49. The average molecular weight is 376 g/mol. The lowest BCUT2D eigenvalue weighted by atomic mass is 10.1. The van der Waals surface area contributed by atoms with Gasteiger partial charge in [0, 0.05) is 23.1 Å². The zero-order valence-corrected chi connectivity index (χ0v) is 14.4. The Morgan fingerprint density at radius 1 is 1.09 bits per heavy atom. The number of pyridine rings is 1. The summed E-state index contributed by atoms with van der Waals surface area (Å²) in [5, 5.41) is 5.45. The van der Waals surface area contributed by atoms with Crippen LogP contribution in [-0.2, 0) is 16.0 Å². The minimum Gasteiger partial charge on any atom is -0.355 e. The second kappa shape index (κ2) is 8.43. The Hall–Kier alpha value is -2.21. The molecular formula is C17H18BrN3O2. The molecule has 120 valence electrons. The van der Waals surface area contributed by atoms with E-state index in [1.54, 1.807) is 6.07 Å². The molecule has 5 nitrogen and oxygen atoms in total. The molecule has 0 aliphatic carbocycles. The molecule has 1 aromatic heterocycles. The predicted octanol–water partition coefficient (Wildman–Crippen LogP) is 2.84. The topological polar surface area (TPSA) is 71.1 Å². The van der Waals surface area contributed by atoms with Crippen LogP contribution in [0.4, 0.5) is 5.82 Å². The predicted molar refractivity (Wildman–Crippen MR) is 93.1 cm³/mol. The lowest BCUT2D eigenvalue weighted by Crippen LogP contribution is -2.29. The normalized spacial score (nSPS) is 10.2. The van der Waals surface area contributed by atoms with Crippen molar-refractivity contribution in [3.05, 3.63) is 58.2 Å². The second-order valence-electron chi connectivity index (χ2n) is 5.12. The van der Waals surface area contributed by atoms with Gasteiger partial charge in [-0.25, -0.2) is 4.98 Å². The SMILES string of the molecule is Cc1cccc(NC(=O)CCNC(=O)Cc2ccc(Br)cc2)n1. The molecule has 0 atom stereocenters. The third kappa shape index (κ3) is 6.20. The number of amides is 2. The van der Waals surface area contributed by atoms with Crippen molar-refractivity contribution in [1.82, 2.24) is 10.3 Å². The van der Waals surface area contributed by atoms with Gasteiger partial charge in [0.25, 0.3) is 0 Å². The summed E-state index contributed by atoms with van der Waals surface area (Å²) >= 11 is 3.35. The first-order valence-corrected chi connectivity index (χ1v) is 8.07. The highest BCUT2D eigenvalue weighted by Gasteiger charge is 2.06. The smallest absolute Gasteiger partial charge is 0.227 e. The van der Waals surface area contributed by atoms with Gasteiger partial charge in [-0.3, -0.25) is 9.59 Å². The summed E-state index contributed by atoms with van der Waals surface area (Å²) < 4.78 is 0.975. The monoisotopic (exact) mass is 375 g/mol. The fraction of sp³-hybridized carbons (Fsp3) is 0.235. The molecule has 0 fully saturated rings. The summed E-state index contributed by atoms with van der Waals surface area (Å²) in [6.45, 7) is 2.16. The van der Waals surface area contributed by atoms with E-state index in [4.69, 9.17) is 0 Å². The van der Waals surface area contributed by atoms with Gasteiger partial charge in [0.2, 0.25) is 11.8 Å². The molecule has 1 aromatic carbocycles. The molecule has 0 aliphatic heterocycles. The standard InChI is InChI=1S/C17H18BrN3O2/c1-12-3-2-4-15(20-12)21-16(22)9-10-19-17(23)11-13-5-7-14(18)8-6-13/h2-8H,9-11H2,1H3,(H,19,23)(H,20,21,22). The van der Waals surface area contributed by atoms with Gasteiger partial charge in [-0.2, -0.15) is 0 Å². The number of benzene rings is 1. The van der Waals surface area contributed by atoms with Crippen molar-refractivity contribution in [2.75, 3.05) is 11.9 Å². The second-order valence-corrected chi connectivity index (χ2v) is 6.03. The van der Waals surface area contributed by atoms with E-state index >= 15 is 0 Å². The quantitative estimate of drug-likeness (QED) is 0.815. The van der Waals surface area contributed by atoms with Crippen LogP contribution < -0.4 is 10.6 Å². The van der Waals surface area contributed by atoms with Gasteiger partial charge in [-0.15, -0.1) is 0 Å². The Morgan fingerprint density at radius 2 is 1.83 bits per heavy atom. The first-order chi connectivity index (χ1) is 11.0. The molecule has 2 amide bonds. The van der Waals surface area contributed by atoms with Crippen LogP contribution in [0.5, 0.6) is 0 Å². The van der Waals surface area contributed by atoms with Gasteiger partial charge in [-0.05, 0) is 36.8 Å². The van der Waals surface area contributed by atoms with E-state index < -0.39 is 0 Å². The molecule has 0 aliphatic rings. The Balaban J connectivity index is 1.70. The van der Waals surface area contributed by atoms with Crippen molar-refractivity contribution < 1.29 is 9.59 Å². The van der Waals surface area contributed by atoms with Crippen LogP contribution in [0.3, 0.4) is 0 Å². The van der Waals surface area contributed by atoms with Crippen molar-refractivity contribution >= 4 is 33.6 Å². The molecule has 0 radical (unpaired) electrons. The molecule has 1 heterocycles. The summed E-state index contributed by atoms with van der Waals surface area (Å²) in [6.07, 6.45) is 0.510. The van der Waals surface area contributed by atoms with E-state index in [0.29, 0.717) is 18.8 Å². The molecule has 2 rings (SSSR count). The molecule has 2 N–H and O–H groups in total. The highest BCUT2D eigenvalue weighted by atomic mass is 79.9. The van der Waals surface area contributed by atoms with Crippen LogP contribution in [0.2, 0.25) is 0 Å². The number of carbonyl (C=O) groups excluding carboxylic acids is 2. The van der Waals surface area contributed by atoms with E-state index in [0.717, 1.165) is 15.7 Å². The Labute approximate surface area is 143 Å². The number of aryl methyl sites for hydroxylation is 1. The van der Waals surface area contributed by atoms with Crippen molar-refractivity contribution in [3.63, 3.8) is 0 Å². The van der Waals surface area contributed by atoms with E-state index in [1.165, 1.54) is 0 Å². The van der Waals surface area contributed by atoms with Crippen LogP contribution in [0.1, 0.15) is 17.7 Å². The molecular weight excluding hydrogens is 358 g/mol. The maximum Gasteiger partial charge on any atom is 0.227 e. The Bertz CT molecular complexity index is 686. The summed E-state index contributed by atoms with van der Waals surface area (Å²) in [5.74, 6) is 0.247. The number of nitrogens with one attached hydrogen (secondary N) is 2. The lowest BCUT2D eigenvalue weighted by molar-refractivity contribution is -0.120. The van der Waals surface area contributed by atoms with Gasteiger partial charge in [0.05, 0.1) is 6.42 Å². The van der Waals surface area contributed by atoms with Gasteiger partial charge in [0.1, 0.15) is 5.82 Å². The summed E-state index contributed by atoms with van der Waals surface area (Å²) in [5.41, 5.74) is 1.77. The Kier molecular flexibility index (Phi) is 6.29. The highest BCUT2D eigenvalue weighted by molar-refractivity contribution is 9.10. The number of carbonyl (C=O) groups is 2. The van der Waals surface area contributed by atoms with Crippen molar-refractivity contribution in [2.45, 2.75) is 19.8 Å². The van der Waals surface area contributed by atoms with Crippen molar-refractivity contribution in [1.29, 1.82) is 0 Å². The minimum absolute atomic E-state index is 0.103. The van der Waals surface area contributed by atoms with Crippen LogP contribution in [0.15, 0.2) is 46.9 Å². The molecule has 0 saturated carbocycles. The van der Waals surface area contributed by atoms with Gasteiger partial charge in [-0.1, -0.05) is 34.1 Å². The molecule has 0 saturated heterocycles. The van der Waals surface area contributed by atoms with Gasteiger partial charge < -0.3 is 10.6 Å². The number of anilines is 1. The third-order valence-electron chi connectivity index (χ3n) is 3.11.